The molecule has 0 spiro atoms. The number of carbonyl (C=O) groups is 4. The van der Waals surface area contributed by atoms with E-state index in [1.54, 1.807) is 0 Å². The van der Waals surface area contributed by atoms with Gasteiger partial charge in [-0.15, -0.1) is 0 Å². The fraction of sp³-hybridized carbons (Fsp3) is 0.852. The van der Waals surface area contributed by atoms with E-state index in [1.807, 2.05) is 35.0 Å². The van der Waals surface area contributed by atoms with Gasteiger partial charge in [0.1, 0.15) is 0 Å². The molecule has 248 valence electrons. The van der Waals surface area contributed by atoms with Gasteiger partial charge in [-0.05, 0) is 21.1 Å². The van der Waals surface area contributed by atoms with Crippen LogP contribution in [0, 0.1) is 0 Å². The van der Waals surface area contributed by atoms with Crippen molar-refractivity contribution < 1.29 is 19.2 Å². The second-order valence-electron chi connectivity index (χ2n) is 9.35. The summed E-state index contributed by atoms with van der Waals surface area (Å²) >= 11 is 0. The van der Waals surface area contributed by atoms with E-state index in [9.17, 15) is 19.2 Å². The molecule has 0 saturated carbocycles. The van der Waals surface area contributed by atoms with Gasteiger partial charge < -0.3 is 47.0 Å². The molecule has 0 aliphatic rings. The molecular weight excluding hydrogens is 542 g/mol. The second kappa shape index (κ2) is 31.5. The number of likely N-dealkylation sites (N-methyl/N-ethyl adjacent to an activating group) is 3. The van der Waals surface area contributed by atoms with Crippen LogP contribution in [0.1, 0.15) is 39.5 Å². The highest BCUT2D eigenvalue weighted by Gasteiger charge is 2.15. The van der Waals surface area contributed by atoms with Gasteiger partial charge in [0.25, 0.3) is 0 Å². The molecule has 0 aliphatic carbocycles. The van der Waals surface area contributed by atoms with E-state index >= 15 is 0 Å². The zero-order valence-corrected chi connectivity index (χ0v) is 26.8. The molecule has 0 rings (SSSR count). The molecule has 0 heterocycles. The molecule has 15 heteroatoms. The molecule has 0 saturated heterocycles. The Balaban J connectivity index is 0. The minimum Gasteiger partial charge on any atom is -0.355 e. The van der Waals surface area contributed by atoms with Crippen LogP contribution in [0.4, 0.5) is 0 Å². The Morgan fingerprint density at radius 2 is 0.714 bits per heavy atom. The van der Waals surface area contributed by atoms with E-state index in [0.29, 0.717) is 111 Å². The van der Waals surface area contributed by atoms with Crippen LogP contribution < -0.4 is 48.5 Å². The highest BCUT2D eigenvalue weighted by Crippen LogP contribution is 2.01. The molecule has 10 N–H and O–H groups in total. The second-order valence-corrected chi connectivity index (χ2v) is 9.35. The van der Waals surface area contributed by atoms with E-state index in [1.165, 1.54) is 0 Å². The van der Waals surface area contributed by atoms with E-state index in [0.717, 1.165) is 0 Å². The number of hydrazine groups is 1. The van der Waals surface area contributed by atoms with Crippen molar-refractivity contribution in [1.29, 1.82) is 0 Å². The maximum Gasteiger partial charge on any atom is 0.221 e. The lowest BCUT2D eigenvalue weighted by atomic mass is 10.2. The van der Waals surface area contributed by atoms with Crippen LogP contribution in [0.2, 0.25) is 0 Å². The Labute approximate surface area is 253 Å². The van der Waals surface area contributed by atoms with Gasteiger partial charge in [0.05, 0.1) is 0 Å². The molecule has 0 aromatic rings. The first-order valence-corrected chi connectivity index (χ1v) is 15.2. The number of nitrogens with one attached hydrogen (secondary N) is 8. The zero-order valence-electron chi connectivity index (χ0n) is 26.8. The Hall–Kier alpha value is -2.40. The Kier molecular flexibility index (Phi) is 31.3. The lowest BCUT2D eigenvalue weighted by Crippen LogP contribution is -2.42. The molecule has 0 fully saturated rings. The number of carbonyl (C=O) groups excluding carboxylic acids is 4. The van der Waals surface area contributed by atoms with Crippen molar-refractivity contribution in [1.82, 2.24) is 52.4 Å². The third-order valence-electron chi connectivity index (χ3n) is 6.04. The van der Waals surface area contributed by atoms with Gasteiger partial charge >= 0.3 is 0 Å². The monoisotopic (exact) mass is 603 g/mol. The van der Waals surface area contributed by atoms with Crippen LogP contribution in [0.25, 0.3) is 0 Å². The smallest absolute Gasteiger partial charge is 0.221 e. The van der Waals surface area contributed by atoms with Crippen molar-refractivity contribution in [3.63, 3.8) is 0 Å². The van der Waals surface area contributed by atoms with Crippen molar-refractivity contribution in [2.24, 2.45) is 5.84 Å². The maximum absolute atomic E-state index is 12.3. The zero-order chi connectivity index (χ0) is 31.8. The quantitative estimate of drug-likeness (QED) is 0.0260. The summed E-state index contributed by atoms with van der Waals surface area (Å²) in [5.74, 6) is 5.02. The summed E-state index contributed by atoms with van der Waals surface area (Å²) < 4.78 is 0. The average molecular weight is 604 g/mol. The fourth-order valence-electron chi connectivity index (χ4n) is 3.60. The third-order valence-corrected chi connectivity index (χ3v) is 6.04. The molecule has 0 aromatic carbocycles. The molecule has 42 heavy (non-hydrogen) atoms. The van der Waals surface area contributed by atoms with Crippen LogP contribution in [0.3, 0.4) is 0 Å². The predicted molar refractivity (Wildman–Crippen MR) is 169 cm³/mol. The van der Waals surface area contributed by atoms with Crippen LogP contribution >= 0.6 is 0 Å². The van der Waals surface area contributed by atoms with Crippen molar-refractivity contribution in [3.05, 3.63) is 0 Å². The van der Waals surface area contributed by atoms with Gasteiger partial charge in [-0.2, -0.15) is 0 Å². The highest BCUT2D eigenvalue weighted by molar-refractivity contribution is 5.77. The number of rotatable bonds is 27. The van der Waals surface area contributed by atoms with Gasteiger partial charge in [0, 0.05) is 117 Å². The van der Waals surface area contributed by atoms with Gasteiger partial charge in [0.2, 0.25) is 23.6 Å². The minimum absolute atomic E-state index is 0.0440. The summed E-state index contributed by atoms with van der Waals surface area (Å²) in [6, 6.07) is 0. The number of hydrogen-bond donors (Lipinski definition) is 9. The largest absolute Gasteiger partial charge is 0.355 e. The molecular formula is C27H61N11O4. The summed E-state index contributed by atoms with van der Waals surface area (Å²) in [6.45, 7) is 11.8. The summed E-state index contributed by atoms with van der Waals surface area (Å²) in [5.41, 5.74) is 2.50. The molecule has 0 radical (unpaired) electrons. The lowest BCUT2D eigenvalue weighted by Gasteiger charge is -2.27. The van der Waals surface area contributed by atoms with Crippen LogP contribution in [0.5, 0.6) is 0 Å². The van der Waals surface area contributed by atoms with E-state index in [4.69, 9.17) is 5.84 Å². The van der Waals surface area contributed by atoms with Crippen LogP contribution in [0.15, 0.2) is 0 Å². The normalized spacial score (nSPS) is 10.7. The molecule has 0 bridgehead atoms. The Bertz CT molecular complexity index is 578. The first kappa shape index (κ1) is 41.7. The van der Waals surface area contributed by atoms with E-state index < -0.39 is 0 Å². The summed E-state index contributed by atoms with van der Waals surface area (Å²) in [7, 11) is 5.48. The van der Waals surface area contributed by atoms with Gasteiger partial charge in [-0.3, -0.25) is 30.4 Å². The molecule has 4 amide bonds. The first-order chi connectivity index (χ1) is 20.4. The first-order valence-electron chi connectivity index (χ1n) is 15.2. The Morgan fingerprint density at radius 1 is 0.452 bits per heavy atom. The van der Waals surface area contributed by atoms with Crippen molar-refractivity contribution >= 4 is 23.6 Å². The summed E-state index contributed by atoms with van der Waals surface area (Å²) in [5, 5.41) is 20.4. The van der Waals surface area contributed by atoms with E-state index in [2.05, 4.69) is 52.4 Å². The third kappa shape index (κ3) is 27.8. The molecule has 0 aromatic heterocycles. The SMILES string of the molecule is CC.CNCCNC(=O)CCN(CCC(=O)NCCNC)CCN(CCC(=O)NCCNC)CCC(=O)NCCNN. The molecule has 0 unspecified atom stereocenters. The van der Waals surface area contributed by atoms with E-state index in [-0.39, 0.29) is 30.0 Å². The topological polar surface area (TPSA) is 197 Å². The Morgan fingerprint density at radius 3 is 0.952 bits per heavy atom. The minimum atomic E-state index is -0.0907. The number of nitrogens with zero attached hydrogens (tertiary/aromatic N) is 2. The van der Waals surface area contributed by atoms with Crippen molar-refractivity contribution in [2.45, 2.75) is 39.5 Å². The van der Waals surface area contributed by atoms with Crippen molar-refractivity contribution in [3.8, 4) is 0 Å². The molecule has 0 atom stereocenters. The molecule has 15 nitrogen and oxygen atoms in total. The standard InChI is InChI=1S/C25H55N11O4.C2H6/c1-27-8-11-30-22(37)4-16-35(17-5-23(38)31-12-9-28-2)20-21-36(18-6-24(39)32-13-10-29-3)19-7-25(40)33-14-15-34-26;1-2/h27-29,34H,4-21,26H2,1-3H3,(H,30,37)(H,31,38)(H,32,39)(H,33,40);1-2H3. The number of hydrogen-bond acceptors (Lipinski definition) is 11. The van der Waals surface area contributed by atoms with Crippen LogP contribution in [-0.4, -0.2) is 146 Å². The van der Waals surface area contributed by atoms with Crippen molar-refractivity contribution in [2.75, 3.05) is 113 Å². The highest BCUT2D eigenvalue weighted by atomic mass is 16.2. The van der Waals surface area contributed by atoms with Crippen LogP contribution in [-0.2, 0) is 19.2 Å². The van der Waals surface area contributed by atoms with Gasteiger partial charge in [0.15, 0.2) is 0 Å². The summed E-state index contributed by atoms with van der Waals surface area (Å²) in [6.07, 6.45) is 1.23. The summed E-state index contributed by atoms with van der Waals surface area (Å²) in [4.78, 5) is 53.2. The van der Waals surface area contributed by atoms with Gasteiger partial charge in [-0.25, -0.2) is 0 Å². The number of nitrogens with two attached hydrogens (primary N) is 1. The van der Waals surface area contributed by atoms with Gasteiger partial charge in [-0.1, -0.05) is 13.8 Å². The predicted octanol–water partition coefficient (Wildman–Crippen LogP) is -3.24. The number of amides is 4. The average Bonchev–Trinajstić information content (AvgIpc) is 2.99. The lowest BCUT2D eigenvalue weighted by molar-refractivity contribution is -0.123. The fourth-order valence-corrected chi connectivity index (χ4v) is 3.60. The molecule has 0 aliphatic heterocycles. The maximum atomic E-state index is 12.3.